The van der Waals surface area contributed by atoms with E-state index in [4.69, 9.17) is 25.9 Å². The molecule has 0 spiro atoms. The van der Waals surface area contributed by atoms with Gasteiger partial charge in [-0.3, -0.25) is 0 Å². The van der Waals surface area contributed by atoms with Crippen LogP contribution in [0.15, 0.2) is 0 Å². The molecule has 0 amide bonds. The number of hydrogen-bond donors (Lipinski definition) is 1. The van der Waals surface area contributed by atoms with Gasteiger partial charge in [0, 0.05) is 25.7 Å². The van der Waals surface area contributed by atoms with Crippen LogP contribution in [0.2, 0.25) is 6.04 Å². The van der Waals surface area contributed by atoms with Gasteiger partial charge in [-0.25, -0.2) is 0 Å². The standard InChI is InChI=1S/C65H136N2O3SSi/c1-6-11-16-21-26-31-32-33-34-35-36-37-38-43-48-53-61-68-72(65-54-64-71,69-62-59-66(55-49-44-39-27-22-17-12-7-2)56-50-45-40-28-23-18-13-8-3)70-63-60-67(57-51-46-41-29-24-19-14-9-4)58-52-47-42-30-25-20-15-10-5/h71H,6-65H2,1-5H3. The van der Waals surface area contributed by atoms with E-state index in [0.717, 1.165) is 57.5 Å². The molecule has 5 nitrogen and oxygen atoms in total. The Morgan fingerprint density at radius 2 is 0.444 bits per heavy atom. The summed E-state index contributed by atoms with van der Waals surface area (Å²) in [7, 11) is -2.90. The van der Waals surface area contributed by atoms with E-state index in [9.17, 15) is 0 Å². The van der Waals surface area contributed by atoms with Crippen molar-refractivity contribution >= 4 is 21.4 Å². The quantitative estimate of drug-likeness (QED) is 0.0373. The molecule has 7 heteroatoms. The zero-order valence-electron chi connectivity index (χ0n) is 50.5. The molecule has 0 radical (unpaired) electrons. The summed E-state index contributed by atoms with van der Waals surface area (Å²) in [6, 6.07) is 0.890. The van der Waals surface area contributed by atoms with Crippen LogP contribution < -0.4 is 0 Å². The zero-order valence-corrected chi connectivity index (χ0v) is 52.4. The molecule has 0 aliphatic carbocycles. The van der Waals surface area contributed by atoms with Crippen LogP contribution in [0.4, 0.5) is 0 Å². The Morgan fingerprint density at radius 3 is 0.681 bits per heavy atom. The van der Waals surface area contributed by atoms with Crippen molar-refractivity contribution in [2.24, 2.45) is 0 Å². The number of nitrogens with zero attached hydrogens (tertiary/aromatic N) is 2. The molecule has 0 saturated carbocycles. The second kappa shape index (κ2) is 62.2. The second-order valence-corrected chi connectivity index (χ2v) is 26.1. The first-order valence-corrected chi connectivity index (χ1v) is 36.1. The number of rotatable bonds is 65. The minimum atomic E-state index is -2.90. The molecule has 0 aromatic heterocycles. The summed E-state index contributed by atoms with van der Waals surface area (Å²) in [6.07, 6.45) is 67.4. The number of unbranched alkanes of at least 4 members (excludes halogenated alkanes) is 43. The van der Waals surface area contributed by atoms with Crippen LogP contribution in [0.5, 0.6) is 0 Å². The first kappa shape index (κ1) is 72.4. The minimum Gasteiger partial charge on any atom is -0.373 e. The lowest BCUT2D eigenvalue weighted by Gasteiger charge is -2.32. The average Bonchev–Trinajstić information content (AvgIpc) is 3.39. The largest absolute Gasteiger partial charge is 0.501 e. The summed E-state index contributed by atoms with van der Waals surface area (Å²) in [5.41, 5.74) is 0. The SMILES string of the molecule is CCCCCCCCCCCCCCCCCCO[Si](CCCS)(OCCN(CCCCCCCCCC)CCCCCCCCCC)OCCN(CCCCCCCCCC)CCCCCCCCCC. The molecule has 0 unspecified atom stereocenters. The summed E-state index contributed by atoms with van der Waals surface area (Å²) >= 11 is 4.74. The third kappa shape index (κ3) is 53.8. The van der Waals surface area contributed by atoms with Crippen LogP contribution in [-0.4, -0.2) is 83.4 Å². The van der Waals surface area contributed by atoms with Crippen LogP contribution in [0.1, 0.15) is 349 Å². The van der Waals surface area contributed by atoms with Crippen LogP contribution in [0, 0.1) is 0 Å². The van der Waals surface area contributed by atoms with Gasteiger partial charge < -0.3 is 23.1 Å². The molecular weight excluding hydrogens is 917 g/mol. The Kier molecular flexibility index (Phi) is 62.5. The summed E-state index contributed by atoms with van der Waals surface area (Å²) in [5, 5.41) is 0. The second-order valence-electron chi connectivity index (χ2n) is 22.9. The fourth-order valence-electron chi connectivity index (χ4n) is 10.7. The summed E-state index contributed by atoms with van der Waals surface area (Å²) in [4.78, 5) is 5.49. The van der Waals surface area contributed by atoms with Crippen LogP contribution >= 0.6 is 12.6 Å². The van der Waals surface area contributed by atoms with E-state index in [1.54, 1.807) is 0 Å². The van der Waals surface area contributed by atoms with Crippen molar-refractivity contribution in [1.29, 1.82) is 0 Å². The molecule has 0 aliphatic heterocycles. The molecule has 0 aromatic rings. The lowest BCUT2D eigenvalue weighted by atomic mass is 10.0. The Morgan fingerprint density at radius 1 is 0.236 bits per heavy atom. The number of hydrogen-bond acceptors (Lipinski definition) is 6. The highest BCUT2D eigenvalue weighted by Crippen LogP contribution is 2.22. The highest BCUT2D eigenvalue weighted by molar-refractivity contribution is 7.80. The molecule has 0 bridgehead atoms. The molecule has 434 valence electrons. The molecule has 0 saturated heterocycles. The van der Waals surface area contributed by atoms with Crippen molar-refractivity contribution in [2.45, 2.75) is 355 Å². The van der Waals surface area contributed by atoms with Crippen molar-refractivity contribution in [3.8, 4) is 0 Å². The first-order chi connectivity index (χ1) is 35.6. The Labute approximate surface area is 462 Å². The van der Waals surface area contributed by atoms with E-state index >= 15 is 0 Å². The van der Waals surface area contributed by atoms with Gasteiger partial charge in [0.15, 0.2) is 0 Å². The van der Waals surface area contributed by atoms with Gasteiger partial charge in [0.1, 0.15) is 0 Å². The van der Waals surface area contributed by atoms with Crippen LogP contribution in [-0.2, 0) is 13.3 Å². The summed E-state index contributed by atoms with van der Waals surface area (Å²) in [6.45, 7) is 20.6. The van der Waals surface area contributed by atoms with Crippen molar-refractivity contribution in [3.63, 3.8) is 0 Å². The third-order valence-electron chi connectivity index (χ3n) is 15.7. The smallest absolute Gasteiger partial charge is 0.373 e. The average molecular weight is 1050 g/mol. The summed E-state index contributed by atoms with van der Waals surface area (Å²) < 4.78 is 21.3. The predicted octanol–water partition coefficient (Wildman–Crippen LogP) is 21.7. The molecule has 0 aliphatic rings. The maximum Gasteiger partial charge on any atom is 0.501 e. The monoisotopic (exact) mass is 1050 g/mol. The van der Waals surface area contributed by atoms with Crippen LogP contribution in [0.25, 0.3) is 0 Å². The fraction of sp³-hybridized carbons (Fsp3) is 1.00. The van der Waals surface area contributed by atoms with E-state index in [1.165, 1.54) is 328 Å². The Balaban J connectivity index is 5.62. The first-order valence-electron chi connectivity index (χ1n) is 33.6. The Bertz CT molecular complexity index is 888. The van der Waals surface area contributed by atoms with Gasteiger partial charge in [0.2, 0.25) is 0 Å². The van der Waals surface area contributed by atoms with Crippen LogP contribution in [0.3, 0.4) is 0 Å². The zero-order chi connectivity index (χ0) is 52.2. The van der Waals surface area contributed by atoms with Gasteiger partial charge in [-0.15, -0.1) is 0 Å². The maximum atomic E-state index is 7.14. The molecule has 0 heterocycles. The molecular formula is C65H136N2O3SSi. The highest BCUT2D eigenvalue weighted by atomic mass is 32.1. The van der Waals surface area contributed by atoms with E-state index in [0.29, 0.717) is 0 Å². The van der Waals surface area contributed by atoms with E-state index in [2.05, 4.69) is 44.4 Å². The van der Waals surface area contributed by atoms with E-state index in [1.807, 2.05) is 0 Å². The van der Waals surface area contributed by atoms with Gasteiger partial charge in [-0.05, 0) is 70.5 Å². The topological polar surface area (TPSA) is 34.2 Å². The minimum absolute atomic E-state index is 0.728. The molecule has 0 fully saturated rings. The molecule has 0 aromatic carbocycles. The van der Waals surface area contributed by atoms with Crippen molar-refractivity contribution < 1.29 is 13.3 Å². The van der Waals surface area contributed by atoms with E-state index < -0.39 is 8.80 Å². The van der Waals surface area contributed by atoms with Crippen molar-refractivity contribution in [2.75, 3.05) is 64.8 Å². The van der Waals surface area contributed by atoms with Gasteiger partial charge in [-0.1, -0.05) is 311 Å². The van der Waals surface area contributed by atoms with Gasteiger partial charge in [-0.2, -0.15) is 12.6 Å². The highest BCUT2D eigenvalue weighted by Gasteiger charge is 2.41. The molecule has 72 heavy (non-hydrogen) atoms. The third-order valence-corrected chi connectivity index (χ3v) is 18.9. The normalized spacial score (nSPS) is 12.2. The lowest BCUT2D eigenvalue weighted by Crippen LogP contribution is -2.49. The lowest BCUT2D eigenvalue weighted by molar-refractivity contribution is 0.0428. The number of thiol groups is 1. The van der Waals surface area contributed by atoms with Gasteiger partial charge in [0.05, 0.1) is 13.2 Å². The summed E-state index contributed by atoms with van der Waals surface area (Å²) in [5.74, 6) is 0.857. The fourth-order valence-corrected chi connectivity index (χ4v) is 13.7. The van der Waals surface area contributed by atoms with Gasteiger partial charge in [0.25, 0.3) is 0 Å². The van der Waals surface area contributed by atoms with Crippen molar-refractivity contribution in [3.05, 3.63) is 0 Å². The molecule has 0 atom stereocenters. The van der Waals surface area contributed by atoms with E-state index in [-0.39, 0.29) is 0 Å². The maximum absolute atomic E-state index is 7.14. The van der Waals surface area contributed by atoms with Gasteiger partial charge >= 0.3 is 8.80 Å². The Hall–Kier alpha value is 0.367. The molecule has 0 N–H and O–H groups in total. The predicted molar refractivity (Wildman–Crippen MR) is 330 cm³/mol. The molecule has 0 rings (SSSR count). The van der Waals surface area contributed by atoms with Crippen molar-refractivity contribution in [1.82, 2.24) is 9.80 Å².